The molecule has 0 bridgehead atoms. The van der Waals surface area contributed by atoms with Crippen LogP contribution in [0, 0.1) is 5.82 Å². The zero-order valence-electron chi connectivity index (χ0n) is 16.9. The first-order chi connectivity index (χ1) is 14.6. The van der Waals surface area contributed by atoms with Crippen LogP contribution in [-0.2, 0) is 0 Å². The molecular weight excluding hydrogens is 405 g/mol. The molecule has 3 rings (SSSR count). The van der Waals surface area contributed by atoms with Crippen LogP contribution < -0.4 is 20.3 Å². The predicted molar refractivity (Wildman–Crippen MR) is 120 cm³/mol. The van der Waals surface area contributed by atoms with E-state index >= 15 is 0 Å². The molecule has 160 valence electrons. The van der Waals surface area contributed by atoms with Crippen molar-refractivity contribution in [3.05, 3.63) is 53.3 Å². The zero-order valence-corrected chi connectivity index (χ0v) is 17.8. The molecule has 1 aliphatic rings. The van der Waals surface area contributed by atoms with Gasteiger partial charge in [0, 0.05) is 37.1 Å². The minimum Gasteiger partial charge on any atom is -0.492 e. The van der Waals surface area contributed by atoms with Crippen LogP contribution in [0.3, 0.4) is 0 Å². The summed E-state index contributed by atoms with van der Waals surface area (Å²) in [5, 5.41) is 6.02. The number of nitrogens with one attached hydrogen (secondary N) is 2. The predicted octanol–water partition coefficient (Wildman–Crippen LogP) is 3.43. The van der Waals surface area contributed by atoms with Gasteiger partial charge in [-0.05, 0) is 43.5 Å². The summed E-state index contributed by atoms with van der Waals surface area (Å²) in [6.07, 6.45) is 3.43. The standard InChI is InChI=1S/C22H26FN3O3S/c1-30-13-12-29-21-14-16(26-10-3-8-24-9-11-26)6-7-17(21)22(28)25-20-5-2-4-19(23)18(20)15-27/h2,4-7,14-15,24H,3,8-13H2,1H3,(H,25,28). The van der Waals surface area contributed by atoms with Crippen LogP contribution in [0.1, 0.15) is 27.1 Å². The SMILES string of the molecule is CSCCOc1cc(N2CCCNCC2)ccc1C(=O)Nc1cccc(F)c1C=O. The third-order valence-corrected chi connectivity index (χ3v) is 5.45. The zero-order chi connectivity index (χ0) is 21.3. The van der Waals surface area contributed by atoms with Gasteiger partial charge in [0.25, 0.3) is 5.91 Å². The van der Waals surface area contributed by atoms with E-state index in [1.165, 1.54) is 18.2 Å². The summed E-state index contributed by atoms with van der Waals surface area (Å²) >= 11 is 1.65. The molecule has 2 aromatic carbocycles. The fourth-order valence-electron chi connectivity index (χ4n) is 3.31. The number of rotatable bonds is 8. The maximum absolute atomic E-state index is 13.9. The Morgan fingerprint density at radius 1 is 1.30 bits per heavy atom. The molecular formula is C22H26FN3O3S. The Labute approximate surface area is 180 Å². The maximum Gasteiger partial charge on any atom is 0.259 e. The summed E-state index contributed by atoms with van der Waals surface area (Å²) in [6, 6.07) is 9.63. The van der Waals surface area contributed by atoms with Crippen molar-refractivity contribution < 1.29 is 18.7 Å². The third-order valence-electron chi connectivity index (χ3n) is 4.88. The third kappa shape index (κ3) is 5.52. The van der Waals surface area contributed by atoms with Crippen molar-refractivity contribution in [2.75, 3.05) is 55.0 Å². The van der Waals surface area contributed by atoms with Gasteiger partial charge in [0.1, 0.15) is 11.6 Å². The molecule has 2 N–H and O–H groups in total. The van der Waals surface area contributed by atoms with Gasteiger partial charge in [-0.3, -0.25) is 9.59 Å². The monoisotopic (exact) mass is 431 g/mol. The second-order valence-electron chi connectivity index (χ2n) is 6.89. The van der Waals surface area contributed by atoms with Crippen LogP contribution in [0.4, 0.5) is 15.8 Å². The summed E-state index contributed by atoms with van der Waals surface area (Å²) < 4.78 is 19.8. The van der Waals surface area contributed by atoms with E-state index < -0.39 is 11.7 Å². The van der Waals surface area contributed by atoms with Crippen LogP contribution in [-0.4, -0.2) is 57.0 Å². The molecule has 30 heavy (non-hydrogen) atoms. The van der Waals surface area contributed by atoms with Crippen LogP contribution in [0.15, 0.2) is 36.4 Å². The fraction of sp³-hybridized carbons (Fsp3) is 0.364. The Bertz CT molecular complexity index is 886. The largest absolute Gasteiger partial charge is 0.492 e. The van der Waals surface area contributed by atoms with Crippen molar-refractivity contribution in [1.82, 2.24) is 5.32 Å². The number of ether oxygens (including phenoxy) is 1. The van der Waals surface area contributed by atoms with Crippen molar-refractivity contribution >= 4 is 35.3 Å². The molecule has 0 aliphatic carbocycles. The van der Waals surface area contributed by atoms with Gasteiger partial charge in [-0.2, -0.15) is 11.8 Å². The van der Waals surface area contributed by atoms with E-state index in [0.29, 0.717) is 24.2 Å². The van der Waals surface area contributed by atoms with Gasteiger partial charge >= 0.3 is 0 Å². The Kier molecular flexibility index (Phi) is 8.10. The van der Waals surface area contributed by atoms with Gasteiger partial charge in [0.05, 0.1) is 23.4 Å². The number of hydrogen-bond donors (Lipinski definition) is 2. The van der Waals surface area contributed by atoms with E-state index in [2.05, 4.69) is 15.5 Å². The molecule has 8 heteroatoms. The Hall–Kier alpha value is -2.58. The van der Waals surface area contributed by atoms with Crippen molar-refractivity contribution in [3.63, 3.8) is 0 Å². The molecule has 0 radical (unpaired) electrons. The first kappa shape index (κ1) is 22.1. The van der Waals surface area contributed by atoms with Crippen molar-refractivity contribution in [1.29, 1.82) is 0 Å². The number of hydrogen-bond acceptors (Lipinski definition) is 6. The highest BCUT2D eigenvalue weighted by Crippen LogP contribution is 2.28. The lowest BCUT2D eigenvalue weighted by atomic mass is 10.1. The topological polar surface area (TPSA) is 70.7 Å². The first-order valence-corrected chi connectivity index (χ1v) is 11.3. The number of benzene rings is 2. The quantitative estimate of drug-likeness (QED) is 0.493. The van der Waals surface area contributed by atoms with Crippen molar-refractivity contribution in [2.45, 2.75) is 6.42 Å². The maximum atomic E-state index is 13.9. The van der Waals surface area contributed by atoms with Crippen LogP contribution in [0.5, 0.6) is 5.75 Å². The molecule has 2 aromatic rings. The van der Waals surface area contributed by atoms with Gasteiger partial charge < -0.3 is 20.3 Å². The molecule has 0 atom stereocenters. The molecule has 0 spiro atoms. The number of carbonyl (C=O) groups is 2. The molecule has 1 saturated heterocycles. The normalized spacial score (nSPS) is 14.1. The average molecular weight is 432 g/mol. The summed E-state index contributed by atoms with van der Waals surface area (Å²) in [6.45, 7) is 4.16. The van der Waals surface area contributed by atoms with Gasteiger partial charge in [0.2, 0.25) is 0 Å². The number of nitrogens with zero attached hydrogens (tertiary/aromatic N) is 1. The first-order valence-electron chi connectivity index (χ1n) is 9.90. The van der Waals surface area contributed by atoms with Gasteiger partial charge in [0.15, 0.2) is 6.29 Å². The van der Waals surface area contributed by atoms with Crippen LogP contribution in [0.25, 0.3) is 0 Å². The lowest BCUT2D eigenvalue weighted by Crippen LogP contribution is -2.28. The van der Waals surface area contributed by atoms with E-state index in [9.17, 15) is 14.0 Å². The van der Waals surface area contributed by atoms with E-state index in [1.54, 1.807) is 17.8 Å². The highest BCUT2D eigenvalue weighted by molar-refractivity contribution is 7.98. The lowest BCUT2D eigenvalue weighted by Gasteiger charge is -2.24. The molecule has 0 aromatic heterocycles. The smallest absolute Gasteiger partial charge is 0.259 e. The molecule has 1 amide bonds. The number of carbonyl (C=O) groups excluding carboxylic acids is 2. The van der Waals surface area contributed by atoms with E-state index in [0.717, 1.165) is 44.0 Å². The minimum absolute atomic E-state index is 0.132. The number of amides is 1. The van der Waals surface area contributed by atoms with Crippen molar-refractivity contribution in [3.8, 4) is 5.75 Å². The average Bonchev–Trinajstić information content (AvgIpc) is 3.03. The number of aldehydes is 1. The summed E-state index contributed by atoms with van der Waals surface area (Å²) in [5.41, 5.74) is 1.29. The number of thioether (sulfide) groups is 1. The highest BCUT2D eigenvalue weighted by Gasteiger charge is 2.18. The van der Waals surface area contributed by atoms with Crippen LogP contribution in [0.2, 0.25) is 0 Å². The highest BCUT2D eigenvalue weighted by atomic mass is 32.2. The Morgan fingerprint density at radius 2 is 2.17 bits per heavy atom. The molecule has 6 nitrogen and oxygen atoms in total. The summed E-state index contributed by atoms with van der Waals surface area (Å²) in [4.78, 5) is 26.4. The Morgan fingerprint density at radius 3 is 2.97 bits per heavy atom. The second-order valence-corrected chi connectivity index (χ2v) is 7.87. The van der Waals surface area contributed by atoms with E-state index in [4.69, 9.17) is 4.74 Å². The number of halogens is 1. The van der Waals surface area contributed by atoms with Crippen molar-refractivity contribution in [2.24, 2.45) is 0 Å². The van der Waals surface area contributed by atoms with E-state index in [1.807, 2.05) is 18.4 Å². The van der Waals surface area contributed by atoms with Gasteiger partial charge in [-0.1, -0.05) is 6.07 Å². The Balaban J connectivity index is 1.87. The molecule has 1 heterocycles. The number of anilines is 2. The molecule has 0 unspecified atom stereocenters. The molecule has 1 fully saturated rings. The minimum atomic E-state index is -0.677. The van der Waals surface area contributed by atoms with Crippen LogP contribution >= 0.6 is 11.8 Å². The van der Waals surface area contributed by atoms with Gasteiger partial charge in [-0.15, -0.1) is 0 Å². The lowest BCUT2D eigenvalue weighted by molar-refractivity contribution is 0.102. The van der Waals surface area contributed by atoms with Gasteiger partial charge in [-0.25, -0.2) is 4.39 Å². The fourth-order valence-corrected chi connectivity index (χ4v) is 3.56. The molecule has 1 aliphatic heterocycles. The summed E-state index contributed by atoms with van der Waals surface area (Å²) in [5.74, 6) is 0.134. The molecule has 0 saturated carbocycles. The van der Waals surface area contributed by atoms with E-state index in [-0.39, 0.29) is 11.3 Å². The summed E-state index contributed by atoms with van der Waals surface area (Å²) in [7, 11) is 0. The second kappa shape index (κ2) is 11.0.